The van der Waals surface area contributed by atoms with Gasteiger partial charge in [-0.05, 0) is 32.9 Å². The molecule has 10 heteroatoms. The molecule has 0 saturated heterocycles. The molecule has 1 aromatic heterocycles. The second-order valence-corrected chi connectivity index (χ2v) is 6.10. The highest BCUT2D eigenvalue weighted by Crippen LogP contribution is 2.21. The normalized spacial score (nSPS) is 14.7. The summed E-state index contributed by atoms with van der Waals surface area (Å²) >= 11 is 0. The number of aliphatic imine (C=N–C) groups is 1. The predicted molar refractivity (Wildman–Crippen MR) is 90.7 cm³/mol. The number of furan rings is 1. The van der Waals surface area contributed by atoms with Crippen molar-refractivity contribution in [2.24, 2.45) is 4.99 Å². The van der Waals surface area contributed by atoms with Gasteiger partial charge in [0, 0.05) is 13.6 Å². The summed E-state index contributed by atoms with van der Waals surface area (Å²) in [5.41, 5.74) is -1.33. The van der Waals surface area contributed by atoms with Crippen LogP contribution in [0.1, 0.15) is 25.4 Å². The van der Waals surface area contributed by atoms with E-state index in [1.165, 1.54) is 0 Å². The number of halogens is 3. The van der Waals surface area contributed by atoms with Crippen molar-refractivity contribution in [1.82, 2.24) is 15.5 Å². The number of hydrogen-bond donors (Lipinski definition) is 3. The zero-order valence-electron chi connectivity index (χ0n) is 15.3. The number of carbonyl (C=O) groups is 1. The molecule has 0 fully saturated rings. The zero-order valence-corrected chi connectivity index (χ0v) is 15.3. The van der Waals surface area contributed by atoms with Crippen molar-refractivity contribution in [1.29, 1.82) is 0 Å². The maximum atomic E-state index is 12.3. The molecule has 7 nitrogen and oxygen atoms in total. The molecule has 1 rings (SSSR count). The largest absolute Gasteiger partial charge is 0.463 e. The Kier molecular flexibility index (Phi) is 7.49. The predicted octanol–water partition coefficient (Wildman–Crippen LogP) is 1.37. The fourth-order valence-corrected chi connectivity index (χ4v) is 2.03. The first-order chi connectivity index (χ1) is 11.9. The van der Waals surface area contributed by atoms with E-state index in [0.29, 0.717) is 23.0 Å². The van der Waals surface area contributed by atoms with Crippen LogP contribution in [0.15, 0.2) is 21.5 Å². The molecule has 0 bridgehead atoms. The van der Waals surface area contributed by atoms with E-state index in [2.05, 4.69) is 15.6 Å². The van der Waals surface area contributed by atoms with Gasteiger partial charge in [-0.3, -0.25) is 4.79 Å². The number of aliphatic hydroxyl groups is 1. The van der Waals surface area contributed by atoms with E-state index in [1.807, 2.05) is 0 Å². The van der Waals surface area contributed by atoms with Crippen molar-refractivity contribution in [3.8, 4) is 0 Å². The second-order valence-electron chi connectivity index (χ2n) is 6.10. The average molecular weight is 378 g/mol. The molecule has 3 N–H and O–H groups in total. The van der Waals surface area contributed by atoms with Crippen LogP contribution in [0.2, 0.25) is 0 Å². The van der Waals surface area contributed by atoms with Gasteiger partial charge in [0.25, 0.3) is 0 Å². The molecule has 1 amide bonds. The molecule has 0 saturated carbocycles. The second kappa shape index (κ2) is 8.93. The molecule has 0 spiro atoms. The summed E-state index contributed by atoms with van der Waals surface area (Å²) in [6.45, 7) is 3.80. The molecule has 1 unspecified atom stereocenters. The number of carbonyl (C=O) groups excluding carboxylic acids is 1. The summed E-state index contributed by atoms with van der Waals surface area (Å²) in [4.78, 5) is 16.3. The van der Waals surface area contributed by atoms with Crippen LogP contribution in [0.3, 0.4) is 0 Å². The molecule has 148 valence electrons. The topological polar surface area (TPSA) is 90.1 Å². The number of nitrogens with one attached hydrogen (secondary N) is 2. The maximum Gasteiger partial charge on any atom is 0.406 e. The third-order valence-electron chi connectivity index (χ3n) is 3.43. The van der Waals surface area contributed by atoms with Crippen molar-refractivity contribution in [3.63, 3.8) is 0 Å². The van der Waals surface area contributed by atoms with Crippen LogP contribution in [0.5, 0.6) is 0 Å². The number of alkyl halides is 3. The third kappa shape index (κ3) is 7.34. The van der Waals surface area contributed by atoms with Gasteiger partial charge in [0.2, 0.25) is 5.91 Å². The minimum Gasteiger partial charge on any atom is -0.463 e. The lowest BCUT2D eigenvalue weighted by atomic mass is 10.0. The number of nitrogens with zero attached hydrogens (tertiary/aromatic N) is 2. The van der Waals surface area contributed by atoms with Crippen LogP contribution in [0.4, 0.5) is 13.2 Å². The Morgan fingerprint density at radius 2 is 2.00 bits per heavy atom. The third-order valence-corrected chi connectivity index (χ3v) is 3.43. The summed E-state index contributed by atoms with van der Waals surface area (Å²) in [7, 11) is 1.07. The smallest absolute Gasteiger partial charge is 0.406 e. The molecule has 0 aliphatic rings. The Morgan fingerprint density at radius 3 is 2.50 bits per heavy atom. The van der Waals surface area contributed by atoms with Crippen LogP contribution in [-0.4, -0.2) is 61.3 Å². The van der Waals surface area contributed by atoms with Crippen LogP contribution in [0, 0.1) is 6.92 Å². The van der Waals surface area contributed by atoms with Crippen molar-refractivity contribution in [2.45, 2.75) is 32.5 Å². The first-order valence-corrected chi connectivity index (χ1v) is 8.07. The van der Waals surface area contributed by atoms with Gasteiger partial charge in [-0.15, -0.1) is 0 Å². The van der Waals surface area contributed by atoms with Gasteiger partial charge in [-0.25, -0.2) is 4.99 Å². The highest BCUT2D eigenvalue weighted by atomic mass is 19.4. The maximum absolute atomic E-state index is 12.3. The fraction of sp³-hybridized carbons (Fsp3) is 0.625. The molecular formula is C16H25F3N4O3. The van der Waals surface area contributed by atoms with Gasteiger partial charge in [-0.1, -0.05) is 0 Å². The molecule has 26 heavy (non-hydrogen) atoms. The molecule has 1 aromatic rings. The van der Waals surface area contributed by atoms with Crippen molar-refractivity contribution in [3.05, 3.63) is 23.7 Å². The average Bonchev–Trinajstić information content (AvgIpc) is 2.95. The molecule has 1 heterocycles. The Hall–Kier alpha value is -2.23. The van der Waals surface area contributed by atoms with Gasteiger partial charge < -0.3 is 25.1 Å². The first kappa shape index (κ1) is 21.8. The Labute approximate surface area is 150 Å². The monoisotopic (exact) mass is 378 g/mol. The lowest BCUT2D eigenvalue weighted by Gasteiger charge is -2.23. The van der Waals surface area contributed by atoms with Gasteiger partial charge >= 0.3 is 6.18 Å². The number of rotatable bonds is 7. The number of amides is 1. The summed E-state index contributed by atoms with van der Waals surface area (Å²) in [6, 6.07) is 3.37. The van der Waals surface area contributed by atoms with Gasteiger partial charge in [-0.2, -0.15) is 13.2 Å². The van der Waals surface area contributed by atoms with Crippen molar-refractivity contribution >= 4 is 11.9 Å². The van der Waals surface area contributed by atoms with Gasteiger partial charge in [0.05, 0.1) is 6.54 Å². The minimum absolute atomic E-state index is 0.0262. The van der Waals surface area contributed by atoms with E-state index in [1.54, 1.807) is 32.9 Å². The van der Waals surface area contributed by atoms with Gasteiger partial charge in [0.15, 0.2) is 5.96 Å². The highest BCUT2D eigenvalue weighted by Gasteiger charge is 2.31. The number of likely N-dealkylation sites (N-methyl/N-ethyl adjacent to an activating group) is 1. The van der Waals surface area contributed by atoms with E-state index in [-0.39, 0.29) is 12.5 Å². The molecular weight excluding hydrogens is 353 g/mol. The lowest BCUT2D eigenvalue weighted by Crippen LogP contribution is -2.45. The van der Waals surface area contributed by atoms with Crippen LogP contribution in [0.25, 0.3) is 0 Å². The van der Waals surface area contributed by atoms with E-state index in [4.69, 9.17) is 4.42 Å². The summed E-state index contributed by atoms with van der Waals surface area (Å²) in [5, 5.41) is 16.2. The first-order valence-electron chi connectivity index (χ1n) is 8.07. The van der Waals surface area contributed by atoms with E-state index >= 15 is 0 Å². The number of guanidine groups is 1. The van der Waals surface area contributed by atoms with Crippen LogP contribution < -0.4 is 10.6 Å². The van der Waals surface area contributed by atoms with Crippen molar-refractivity contribution in [2.75, 3.05) is 33.2 Å². The Balaban J connectivity index is 2.67. The van der Waals surface area contributed by atoms with E-state index in [9.17, 15) is 23.1 Å². The standard InChI is InChI=1S/C16H25F3N4O3/c1-5-20-14(21-8-13(24)23(4)10-16(17,18)19)22-9-15(3,25)12-7-6-11(2)26-12/h6-7,25H,5,8-10H2,1-4H3,(H2,20,21,22). The summed E-state index contributed by atoms with van der Waals surface area (Å²) in [6.07, 6.45) is -4.46. The van der Waals surface area contributed by atoms with E-state index < -0.39 is 30.8 Å². The quantitative estimate of drug-likeness (QED) is 0.493. The fourth-order valence-electron chi connectivity index (χ4n) is 2.03. The Bertz CT molecular complexity index is 627. The molecule has 0 aliphatic heterocycles. The van der Waals surface area contributed by atoms with Crippen LogP contribution in [-0.2, 0) is 10.4 Å². The lowest BCUT2D eigenvalue weighted by molar-refractivity contribution is -0.157. The minimum atomic E-state index is -4.46. The zero-order chi connectivity index (χ0) is 20.0. The molecule has 0 radical (unpaired) electrons. The highest BCUT2D eigenvalue weighted by molar-refractivity contribution is 5.84. The van der Waals surface area contributed by atoms with Crippen LogP contribution >= 0.6 is 0 Å². The molecule has 0 aromatic carbocycles. The number of hydrogen-bond acceptors (Lipinski definition) is 4. The molecule has 1 atom stereocenters. The SMILES string of the molecule is CCNC(=NCC(=O)N(C)CC(F)(F)F)NCC(C)(O)c1ccc(C)o1. The molecule has 0 aliphatic carbocycles. The van der Waals surface area contributed by atoms with Crippen molar-refractivity contribution < 1.29 is 27.5 Å². The number of aryl methyl sites for hydroxylation is 1. The Morgan fingerprint density at radius 1 is 1.35 bits per heavy atom. The van der Waals surface area contributed by atoms with Gasteiger partial charge in [0.1, 0.15) is 30.2 Å². The summed E-state index contributed by atoms with van der Waals surface area (Å²) < 4.78 is 42.3. The summed E-state index contributed by atoms with van der Waals surface area (Å²) in [5.74, 6) is 0.441. The van der Waals surface area contributed by atoms with E-state index in [0.717, 1.165) is 7.05 Å².